The van der Waals surface area contributed by atoms with Gasteiger partial charge in [0.1, 0.15) is 11.6 Å². The van der Waals surface area contributed by atoms with E-state index in [1.54, 1.807) is 12.5 Å². The highest BCUT2D eigenvalue weighted by Crippen LogP contribution is 2.33. The van der Waals surface area contributed by atoms with Crippen LogP contribution in [-0.4, -0.2) is 38.8 Å². The van der Waals surface area contributed by atoms with E-state index in [4.69, 9.17) is 0 Å². The van der Waals surface area contributed by atoms with Crippen LogP contribution in [0, 0.1) is 11.6 Å². The van der Waals surface area contributed by atoms with Crippen LogP contribution < -0.4 is 0 Å². The average molecular weight is 293 g/mol. The highest BCUT2D eigenvalue weighted by atomic mass is 19.1. The number of aliphatic hydroxyl groups is 1. The van der Waals surface area contributed by atoms with Crippen LogP contribution in [0.1, 0.15) is 18.0 Å². The average Bonchev–Trinajstić information content (AvgIpc) is 3.08. The molecule has 112 valence electrons. The van der Waals surface area contributed by atoms with Gasteiger partial charge in [-0.1, -0.05) is 0 Å². The maximum Gasteiger partial charge on any atom is 0.128 e. The van der Waals surface area contributed by atoms with E-state index in [2.05, 4.69) is 4.98 Å². The predicted molar refractivity (Wildman–Crippen MR) is 73.5 cm³/mol. The number of halogens is 2. The van der Waals surface area contributed by atoms with Crippen LogP contribution in [0.15, 0.2) is 36.9 Å². The van der Waals surface area contributed by atoms with Crippen LogP contribution in [0.5, 0.6) is 0 Å². The van der Waals surface area contributed by atoms with Crippen LogP contribution in [0.2, 0.25) is 0 Å². The molecule has 6 heteroatoms. The number of aliphatic hydroxyl groups excluding tert-OH is 1. The van der Waals surface area contributed by atoms with Crippen molar-refractivity contribution in [1.82, 2.24) is 14.5 Å². The van der Waals surface area contributed by atoms with Crippen molar-refractivity contribution in [2.45, 2.75) is 25.1 Å². The minimum Gasteiger partial charge on any atom is -0.392 e. The number of rotatable bonds is 4. The lowest BCUT2D eigenvalue weighted by molar-refractivity contribution is 0.173. The number of hydrogen-bond donors (Lipinski definition) is 1. The Bertz CT molecular complexity index is 603. The van der Waals surface area contributed by atoms with E-state index in [9.17, 15) is 13.9 Å². The van der Waals surface area contributed by atoms with Crippen LogP contribution in [0.4, 0.5) is 8.78 Å². The van der Waals surface area contributed by atoms with Gasteiger partial charge in [0, 0.05) is 43.6 Å². The third-order valence-corrected chi connectivity index (χ3v) is 3.90. The van der Waals surface area contributed by atoms with Crippen molar-refractivity contribution >= 4 is 0 Å². The van der Waals surface area contributed by atoms with Gasteiger partial charge >= 0.3 is 0 Å². The zero-order chi connectivity index (χ0) is 14.8. The second kappa shape index (κ2) is 5.91. The smallest absolute Gasteiger partial charge is 0.128 e. The Kier molecular flexibility index (Phi) is 3.98. The third kappa shape index (κ3) is 3.11. The topological polar surface area (TPSA) is 41.3 Å². The van der Waals surface area contributed by atoms with E-state index in [1.165, 1.54) is 6.07 Å². The molecule has 0 radical (unpaired) electrons. The van der Waals surface area contributed by atoms with Crippen LogP contribution in [0.3, 0.4) is 0 Å². The molecule has 1 aromatic heterocycles. The molecule has 0 aliphatic carbocycles. The van der Waals surface area contributed by atoms with Gasteiger partial charge in [-0.2, -0.15) is 0 Å². The summed E-state index contributed by atoms with van der Waals surface area (Å²) in [6, 6.07) is 3.19. The summed E-state index contributed by atoms with van der Waals surface area (Å²) in [6.07, 6.45) is 5.17. The zero-order valence-electron chi connectivity index (χ0n) is 11.5. The first-order valence-electron chi connectivity index (χ1n) is 6.96. The van der Waals surface area contributed by atoms with Gasteiger partial charge in [-0.15, -0.1) is 0 Å². The summed E-state index contributed by atoms with van der Waals surface area (Å²) in [5.41, 5.74) is 0.317. The molecule has 3 rings (SSSR count). The van der Waals surface area contributed by atoms with E-state index in [-0.39, 0.29) is 6.04 Å². The number of hydrogen-bond acceptors (Lipinski definition) is 3. The van der Waals surface area contributed by atoms with Gasteiger partial charge in [0.2, 0.25) is 0 Å². The van der Waals surface area contributed by atoms with E-state index in [1.807, 2.05) is 15.7 Å². The summed E-state index contributed by atoms with van der Waals surface area (Å²) < 4.78 is 29.2. The van der Waals surface area contributed by atoms with Crippen LogP contribution in [-0.2, 0) is 6.54 Å². The molecule has 2 atom stereocenters. The van der Waals surface area contributed by atoms with Crippen molar-refractivity contribution in [2.24, 2.45) is 0 Å². The Hall–Kier alpha value is -1.79. The van der Waals surface area contributed by atoms with Gasteiger partial charge < -0.3 is 9.67 Å². The molecule has 1 aliphatic rings. The molecule has 2 aromatic rings. The molecule has 1 fully saturated rings. The van der Waals surface area contributed by atoms with Crippen molar-refractivity contribution < 1.29 is 13.9 Å². The first-order chi connectivity index (χ1) is 10.1. The molecule has 21 heavy (non-hydrogen) atoms. The van der Waals surface area contributed by atoms with Gasteiger partial charge in [0.05, 0.1) is 12.4 Å². The molecule has 0 amide bonds. The Morgan fingerprint density at radius 2 is 2.14 bits per heavy atom. The molecule has 0 spiro atoms. The number of imidazole rings is 1. The maximum atomic E-state index is 13.9. The maximum absolute atomic E-state index is 13.9. The molecule has 1 saturated heterocycles. The number of nitrogens with zero attached hydrogens (tertiary/aromatic N) is 3. The van der Waals surface area contributed by atoms with Gasteiger partial charge in [-0.05, 0) is 24.6 Å². The number of likely N-dealkylation sites (tertiary alicyclic amines) is 1. The van der Waals surface area contributed by atoms with Gasteiger partial charge in [0.15, 0.2) is 0 Å². The zero-order valence-corrected chi connectivity index (χ0v) is 11.5. The summed E-state index contributed by atoms with van der Waals surface area (Å²) in [5.74, 6) is -0.884. The molecule has 0 bridgehead atoms. The molecule has 1 aliphatic heterocycles. The Morgan fingerprint density at radius 3 is 2.90 bits per heavy atom. The van der Waals surface area contributed by atoms with Crippen molar-refractivity contribution in [2.75, 3.05) is 13.1 Å². The molecular weight excluding hydrogens is 276 g/mol. The lowest BCUT2D eigenvalue weighted by Gasteiger charge is -2.24. The monoisotopic (exact) mass is 293 g/mol. The normalized spacial score (nSPS) is 22.8. The number of aromatic nitrogens is 2. The first kappa shape index (κ1) is 14.2. The van der Waals surface area contributed by atoms with Gasteiger partial charge in [0.25, 0.3) is 0 Å². The second-order valence-corrected chi connectivity index (χ2v) is 5.37. The van der Waals surface area contributed by atoms with Crippen molar-refractivity contribution in [1.29, 1.82) is 0 Å². The number of benzene rings is 1. The standard InChI is InChI=1S/C15H17F2N3O/c16-11-1-2-14(17)13(7-11)15-8-12(21)9-20(15)6-5-19-4-3-18-10-19/h1-4,7,10,12,15,21H,5-6,8-9H2/t12-,15+/m1/s1. The Balaban J connectivity index is 1.77. The Labute approximate surface area is 121 Å². The van der Waals surface area contributed by atoms with E-state index < -0.39 is 17.7 Å². The molecule has 1 N–H and O–H groups in total. The SMILES string of the molecule is O[C@@H]1C[C@@H](c2cc(F)ccc2F)N(CCn2ccnc2)C1. The fraction of sp³-hybridized carbons (Fsp3) is 0.400. The van der Waals surface area contributed by atoms with E-state index in [0.29, 0.717) is 31.6 Å². The molecule has 4 nitrogen and oxygen atoms in total. The third-order valence-electron chi connectivity index (χ3n) is 3.90. The minimum atomic E-state index is -0.513. The summed E-state index contributed by atoms with van der Waals surface area (Å²) >= 11 is 0. The van der Waals surface area contributed by atoms with Gasteiger partial charge in [-0.3, -0.25) is 4.90 Å². The lowest BCUT2D eigenvalue weighted by atomic mass is 10.0. The van der Waals surface area contributed by atoms with Crippen molar-refractivity contribution in [3.8, 4) is 0 Å². The van der Waals surface area contributed by atoms with Crippen LogP contribution >= 0.6 is 0 Å². The fourth-order valence-electron chi connectivity index (χ4n) is 2.88. The first-order valence-corrected chi connectivity index (χ1v) is 6.96. The van der Waals surface area contributed by atoms with E-state index in [0.717, 1.165) is 12.1 Å². The quantitative estimate of drug-likeness (QED) is 0.937. The minimum absolute atomic E-state index is 0.292. The summed E-state index contributed by atoms with van der Waals surface area (Å²) in [6.45, 7) is 1.81. The predicted octanol–water partition coefficient (Wildman–Crippen LogP) is 1.97. The highest BCUT2D eigenvalue weighted by Gasteiger charge is 2.33. The van der Waals surface area contributed by atoms with Crippen molar-refractivity contribution in [3.63, 3.8) is 0 Å². The van der Waals surface area contributed by atoms with Crippen molar-refractivity contribution in [3.05, 3.63) is 54.1 Å². The molecular formula is C15H17F2N3O. The van der Waals surface area contributed by atoms with E-state index >= 15 is 0 Å². The van der Waals surface area contributed by atoms with Crippen LogP contribution in [0.25, 0.3) is 0 Å². The molecule has 0 saturated carbocycles. The largest absolute Gasteiger partial charge is 0.392 e. The molecule has 1 aromatic carbocycles. The lowest BCUT2D eigenvalue weighted by Crippen LogP contribution is -2.28. The Morgan fingerprint density at radius 1 is 1.29 bits per heavy atom. The summed E-state index contributed by atoms with van der Waals surface area (Å²) in [4.78, 5) is 5.96. The van der Waals surface area contributed by atoms with Gasteiger partial charge in [-0.25, -0.2) is 13.8 Å². The summed E-state index contributed by atoms with van der Waals surface area (Å²) in [5, 5.41) is 9.87. The highest BCUT2D eigenvalue weighted by molar-refractivity contribution is 5.23. The molecule has 0 unspecified atom stereocenters. The number of β-amino-alcohol motifs (C(OH)–C–C–N with tert-alkyl or cyclic N) is 1. The summed E-state index contributed by atoms with van der Waals surface area (Å²) in [7, 11) is 0. The fourth-order valence-corrected chi connectivity index (χ4v) is 2.88. The second-order valence-electron chi connectivity index (χ2n) is 5.37. The molecule has 2 heterocycles.